The van der Waals surface area contributed by atoms with Crippen LogP contribution in [0, 0.1) is 0 Å². The Bertz CT molecular complexity index is 281. The number of nitrogens with two attached hydrogens (primary N) is 1. The second kappa shape index (κ2) is 5.88. The van der Waals surface area contributed by atoms with Gasteiger partial charge in [-0.05, 0) is 18.9 Å². The number of aromatic nitrogens is 2. The lowest BCUT2D eigenvalue weighted by Crippen LogP contribution is -2.27. The normalized spacial score (nSPS) is 13.4. The molecule has 0 aromatic carbocycles. The van der Waals surface area contributed by atoms with Gasteiger partial charge in [-0.1, -0.05) is 13.8 Å². The standard InChI is InChI=1S/C11H21N3O/c1-3-11(4-2)14-6-5-10(13-14)7-9(12)8-15/h5-6,9,11,15H,3-4,7-8,12H2,1-2H3. The third-order valence-corrected chi connectivity index (χ3v) is 2.69. The van der Waals surface area contributed by atoms with Crippen LogP contribution in [0.15, 0.2) is 12.3 Å². The molecule has 0 spiro atoms. The van der Waals surface area contributed by atoms with E-state index in [2.05, 4.69) is 18.9 Å². The molecule has 1 unspecified atom stereocenters. The van der Waals surface area contributed by atoms with Gasteiger partial charge in [0.1, 0.15) is 0 Å². The van der Waals surface area contributed by atoms with Gasteiger partial charge in [-0.2, -0.15) is 5.10 Å². The highest BCUT2D eigenvalue weighted by molar-refractivity contribution is 5.02. The van der Waals surface area contributed by atoms with Crippen molar-refractivity contribution in [3.05, 3.63) is 18.0 Å². The summed E-state index contributed by atoms with van der Waals surface area (Å²) in [7, 11) is 0. The van der Waals surface area contributed by atoms with Crippen molar-refractivity contribution in [1.29, 1.82) is 0 Å². The average molecular weight is 211 g/mol. The van der Waals surface area contributed by atoms with Gasteiger partial charge < -0.3 is 10.8 Å². The number of rotatable bonds is 6. The van der Waals surface area contributed by atoms with Crippen molar-refractivity contribution in [3.63, 3.8) is 0 Å². The molecular formula is C11H21N3O. The molecule has 1 aromatic rings. The van der Waals surface area contributed by atoms with E-state index in [0.717, 1.165) is 18.5 Å². The first-order chi connectivity index (χ1) is 7.21. The van der Waals surface area contributed by atoms with Crippen molar-refractivity contribution in [2.75, 3.05) is 6.61 Å². The van der Waals surface area contributed by atoms with Gasteiger partial charge in [0, 0.05) is 18.7 Å². The predicted molar refractivity (Wildman–Crippen MR) is 60.6 cm³/mol. The number of hydrogen-bond donors (Lipinski definition) is 2. The number of aliphatic hydroxyl groups is 1. The van der Waals surface area contributed by atoms with Gasteiger partial charge in [0.2, 0.25) is 0 Å². The van der Waals surface area contributed by atoms with Crippen molar-refractivity contribution in [1.82, 2.24) is 9.78 Å². The van der Waals surface area contributed by atoms with Crippen LogP contribution in [0.3, 0.4) is 0 Å². The molecule has 4 heteroatoms. The summed E-state index contributed by atoms with van der Waals surface area (Å²) in [6, 6.07) is 2.26. The van der Waals surface area contributed by atoms with Crippen LogP contribution in [0.25, 0.3) is 0 Å². The van der Waals surface area contributed by atoms with E-state index in [1.165, 1.54) is 0 Å². The third kappa shape index (κ3) is 3.32. The van der Waals surface area contributed by atoms with Crippen LogP contribution < -0.4 is 5.73 Å². The Kier molecular flexibility index (Phi) is 4.78. The van der Waals surface area contributed by atoms with E-state index in [-0.39, 0.29) is 12.6 Å². The van der Waals surface area contributed by atoms with E-state index in [1.807, 2.05) is 16.9 Å². The van der Waals surface area contributed by atoms with Crippen molar-refractivity contribution >= 4 is 0 Å². The summed E-state index contributed by atoms with van der Waals surface area (Å²) >= 11 is 0. The van der Waals surface area contributed by atoms with Gasteiger partial charge in [0.25, 0.3) is 0 Å². The quantitative estimate of drug-likeness (QED) is 0.740. The lowest BCUT2D eigenvalue weighted by atomic mass is 10.2. The Labute approximate surface area is 91.1 Å². The van der Waals surface area contributed by atoms with E-state index < -0.39 is 0 Å². The molecule has 0 amide bonds. The first kappa shape index (κ1) is 12.2. The van der Waals surface area contributed by atoms with Crippen molar-refractivity contribution in [2.24, 2.45) is 5.73 Å². The van der Waals surface area contributed by atoms with E-state index in [9.17, 15) is 0 Å². The summed E-state index contributed by atoms with van der Waals surface area (Å²) in [5.41, 5.74) is 6.62. The molecule has 1 rings (SSSR count). The molecule has 1 aromatic heterocycles. The molecule has 0 aliphatic heterocycles. The third-order valence-electron chi connectivity index (χ3n) is 2.69. The molecule has 15 heavy (non-hydrogen) atoms. The Morgan fingerprint density at radius 2 is 2.13 bits per heavy atom. The van der Waals surface area contributed by atoms with Crippen molar-refractivity contribution in [3.8, 4) is 0 Å². The second-order valence-corrected chi connectivity index (χ2v) is 3.90. The van der Waals surface area contributed by atoms with Gasteiger partial charge in [0.15, 0.2) is 0 Å². The zero-order chi connectivity index (χ0) is 11.3. The molecule has 3 N–H and O–H groups in total. The van der Waals surface area contributed by atoms with E-state index in [1.54, 1.807) is 0 Å². The predicted octanol–water partition coefficient (Wildman–Crippen LogP) is 1.11. The minimum absolute atomic E-state index is 0.0118. The monoisotopic (exact) mass is 211 g/mol. The Balaban J connectivity index is 2.63. The first-order valence-corrected chi connectivity index (χ1v) is 5.61. The molecule has 0 aliphatic rings. The molecule has 86 valence electrons. The van der Waals surface area contributed by atoms with E-state index in [4.69, 9.17) is 10.8 Å². The summed E-state index contributed by atoms with van der Waals surface area (Å²) in [5, 5.41) is 13.3. The van der Waals surface area contributed by atoms with Gasteiger partial charge in [-0.15, -0.1) is 0 Å². The minimum atomic E-state index is -0.199. The lowest BCUT2D eigenvalue weighted by molar-refractivity contribution is 0.264. The fraction of sp³-hybridized carbons (Fsp3) is 0.727. The fourth-order valence-electron chi connectivity index (χ4n) is 1.69. The Morgan fingerprint density at radius 3 is 2.67 bits per heavy atom. The average Bonchev–Trinajstić information content (AvgIpc) is 2.68. The second-order valence-electron chi connectivity index (χ2n) is 3.90. The van der Waals surface area contributed by atoms with Crippen molar-refractivity contribution < 1.29 is 5.11 Å². The zero-order valence-corrected chi connectivity index (χ0v) is 9.56. The highest BCUT2D eigenvalue weighted by Crippen LogP contribution is 2.14. The maximum atomic E-state index is 8.84. The summed E-state index contributed by atoms with van der Waals surface area (Å²) in [5.74, 6) is 0. The molecule has 0 bridgehead atoms. The lowest BCUT2D eigenvalue weighted by Gasteiger charge is -2.12. The first-order valence-electron chi connectivity index (χ1n) is 5.61. The van der Waals surface area contributed by atoms with Crippen LogP contribution in [-0.2, 0) is 6.42 Å². The molecule has 0 saturated heterocycles. The minimum Gasteiger partial charge on any atom is -0.395 e. The number of nitrogens with zero attached hydrogens (tertiary/aromatic N) is 2. The van der Waals surface area contributed by atoms with E-state index >= 15 is 0 Å². The topological polar surface area (TPSA) is 64.1 Å². The SMILES string of the molecule is CCC(CC)n1ccc(CC(N)CO)n1. The van der Waals surface area contributed by atoms with Crippen molar-refractivity contribution in [2.45, 2.75) is 45.2 Å². The van der Waals surface area contributed by atoms with Gasteiger partial charge in [-0.25, -0.2) is 0 Å². The van der Waals surface area contributed by atoms with Crippen LogP contribution in [0.2, 0.25) is 0 Å². The molecule has 1 atom stereocenters. The summed E-state index contributed by atoms with van der Waals surface area (Å²) in [4.78, 5) is 0. The summed E-state index contributed by atoms with van der Waals surface area (Å²) < 4.78 is 2.00. The molecule has 0 fully saturated rings. The smallest absolute Gasteiger partial charge is 0.0641 e. The maximum Gasteiger partial charge on any atom is 0.0641 e. The van der Waals surface area contributed by atoms with Gasteiger partial charge in [-0.3, -0.25) is 4.68 Å². The van der Waals surface area contributed by atoms with Crippen LogP contribution in [0.1, 0.15) is 38.4 Å². The fourth-order valence-corrected chi connectivity index (χ4v) is 1.69. The molecule has 0 aliphatic carbocycles. The maximum absolute atomic E-state index is 8.84. The van der Waals surface area contributed by atoms with Gasteiger partial charge in [0.05, 0.1) is 18.3 Å². The number of aliphatic hydroxyl groups excluding tert-OH is 1. The summed E-state index contributed by atoms with van der Waals surface area (Å²) in [6.45, 7) is 4.34. The van der Waals surface area contributed by atoms with Crippen LogP contribution in [0.5, 0.6) is 0 Å². The molecule has 0 radical (unpaired) electrons. The Hall–Kier alpha value is -0.870. The molecule has 4 nitrogen and oxygen atoms in total. The van der Waals surface area contributed by atoms with E-state index in [0.29, 0.717) is 12.5 Å². The largest absolute Gasteiger partial charge is 0.395 e. The molecular weight excluding hydrogens is 190 g/mol. The van der Waals surface area contributed by atoms with Gasteiger partial charge >= 0.3 is 0 Å². The molecule has 0 saturated carbocycles. The summed E-state index contributed by atoms with van der Waals surface area (Å²) in [6.07, 6.45) is 4.81. The van der Waals surface area contributed by atoms with Crippen LogP contribution in [-0.4, -0.2) is 27.5 Å². The zero-order valence-electron chi connectivity index (χ0n) is 9.56. The number of hydrogen-bond acceptors (Lipinski definition) is 3. The molecule has 1 heterocycles. The Morgan fingerprint density at radius 1 is 1.47 bits per heavy atom. The van der Waals surface area contributed by atoms with Crippen LogP contribution >= 0.6 is 0 Å². The van der Waals surface area contributed by atoms with Crippen LogP contribution in [0.4, 0.5) is 0 Å². The highest BCUT2D eigenvalue weighted by Gasteiger charge is 2.09. The highest BCUT2D eigenvalue weighted by atomic mass is 16.3.